The molecule has 78 valence electrons. The Labute approximate surface area is 92.8 Å². The minimum atomic E-state index is -0.158. The standard InChI is InChI=1S/C11H15BrFN/c1-7(2)14-8(3)10-6-9(12)4-5-11(10)13/h4-8,14H,1-3H3. The summed E-state index contributed by atoms with van der Waals surface area (Å²) in [4.78, 5) is 0. The Morgan fingerprint density at radius 2 is 1.93 bits per heavy atom. The molecule has 14 heavy (non-hydrogen) atoms. The molecule has 1 N–H and O–H groups in total. The molecule has 0 fully saturated rings. The van der Waals surface area contributed by atoms with Crippen LogP contribution in [0.15, 0.2) is 22.7 Å². The molecule has 1 rings (SSSR count). The van der Waals surface area contributed by atoms with Crippen LogP contribution in [-0.2, 0) is 0 Å². The summed E-state index contributed by atoms with van der Waals surface area (Å²) in [5, 5.41) is 3.27. The molecule has 0 radical (unpaired) electrons. The van der Waals surface area contributed by atoms with Crippen LogP contribution in [-0.4, -0.2) is 6.04 Å². The first-order valence-electron chi connectivity index (χ1n) is 4.71. The fourth-order valence-corrected chi connectivity index (χ4v) is 1.82. The third kappa shape index (κ3) is 3.07. The Morgan fingerprint density at radius 1 is 1.29 bits per heavy atom. The molecule has 0 amide bonds. The first kappa shape index (κ1) is 11.7. The Hall–Kier alpha value is -0.410. The molecule has 1 unspecified atom stereocenters. The van der Waals surface area contributed by atoms with Crippen LogP contribution in [0.4, 0.5) is 4.39 Å². The van der Waals surface area contributed by atoms with Gasteiger partial charge in [0.15, 0.2) is 0 Å². The molecule has 0 aromatic heterocycles. The van der Waals surface area contributed by atoms with E-state index in [4.69, 9.17) is 0 Å². The highest BCUT2D eigenvalue weighted by Gasteiger charge is 2.11. The van der Waals surface area contributed by atoms with Crippen LogP contribution >= 0.6 is 15.9 Å². The monoisotopic (exact) mass is 259 g/mol. The van der Waals surface area contributed by atoms with Gasteiger partial charge in [0.05, 0.1) is 0 Å². The van der Waals surface area contributed by atoms with Gasteiger partial charge in [-0.25, -0.2) is 4.39 Å². The maximum Gasteiger partial charge on any atom is 0.128 e. The zero-order valence-corrected chi connectivity index (χ0v) is 10.2. The van der Waals surface area contributed by atoms with E-state index in [1.54, 1.807) is 6.07 Å². The van der Waals surface area contributed by atoms with Gasteiger partial charge < -0.3 is 5.32 Å². The van der Waals surface area contributed by atoms with Gasteiger partial charge >= 0.3 is 0 Å². The molecular weight excluding hydrogens is 245 g/mol. The molecule has 1 aromatic carbocycles. The summed E-state index contributed by atoms with van der Waals surface area (Å²) in [7, 11) is 0. The molecule has 0 aliphatic rings. The van der Waals surface area contributed by atoms with Crippen molar-refractivity contribution in [2.24, 2.45) is 0 Å². The molecule has 0 heterocycles. The number of halogens is 2. The molecule has 3 heteroatoms. The first-order valence-corrected chi connectivity index (χ1v) is 5.51. The van der Waals surface area contributed by atoms with E-state index in [0.717, 1.165) is 4.47 Å². The van der Waals surface area contributed by atoms with Crippen LogP contribution in [0.25, 0.3) is 0 Å². The van der Waals surface area contributed by atoms with Gasteiger partial charge in [0.1, 0.15) is 5.82 Å². The molecule has 1 nitrogen and oxygen atoms in total. The third-order valence-electron chi connectivity index (χ3n) is 2.01. The maximum atomic E-state index is 13.4. The largest absolute Gasteiger partial charge is 0.308 e. The second kappa shape index (κ2) is 4.89. The minimum absolute atomic E-state index is 0.0347. The van der Waals surface area contributed by atoms with E-state index in [2.05, 4.69) is 21.2 Å². The van der Waals surface area contributed by atoms with Crippen LogP contribution in [0, 0.1) is 5.82 Å². The Morgan fingerprint density at radius 3 is 2.50 bits per heavy atom. The van der Waals surface area contributed by atoms with Gasteiger partial charge in [-0.05, 0) is 25.1 Å². The third-order valence-corrected chi connectivity index (χ3v) is 2.50. The number of hydrogen-bond acceptors (Lipinski definition) is 1. The second-order valence-electron chi connectivity index (χ2n) is 3.71. The average Bonchev–Trinajstić information content (AvgIpc) is 2.08. The lowest BCUT2D eigenvalue weighted by atomic mass is 10.1. The SMILES string of the molecule is CC(C)NC(C)c1cc(Br)ccc1F. The Kier molecular flexibility index (Phi) is 4.08. The van der Waals surface area contributed by atoms with Crippen molar-refractivity contribution in [3.8, 4) is 0 Å². The number of hydrogen-bond donors (Lipinski definition) is 1. The molecular formula is C11H15BrFN. The van der Waals surface area contributed by atoms with E-state index in [1.165, 1.54) is 6.07 Å². The smallest absolute Gasteiger partial charge is 0.128 e. The van der Waals surface area contributed by atoms with E-state index in [0.29, 0.717) is 11.6 Å². The van der Waals surface area contributed by atoms with Gasteiger partial charge in [-0.15, -0.1) is 0 Å². The van der Waals surface area contributed by atoms with Crippen molar-refractivity contribution in [3.05, 3.63) is 34.1 Å². The van der Waals surface area contributed by atoms with E-state index >= 15 is 0 Å². The molecule has 1 aromatic rings. The van der Waals surface area contributed by atoms with Crippen molar-refractivity contribution in [1.82, 2.24) is 5.32 Å². The van der Waals surface area contributed by atoms with Crippen LogP contribution in [0.2, 0.25) is 0 Å². The predicted octanol–water partition coefficient (Wildman–Crippen LogP) is 3.65. The van der Waals surface area contributed by atoms with Gasteiger partial charge in [-0.3, -0.25) is 0 Å². The fourth-order valence-electron chi connectivity index (χ4n) is 1.44. The lowest BCUT2D eigenvalue weighted by molar-refractivity contribution is 0.483. The molecule has 0 aliphatic carbocycles. The summed E-state index contributed by atoms with van der Waals surface area (Å²) in [5.74, 6) is -0.158. The summed E-state index contributed by atoms with van der Waals surface area (Å²) in [6.07, 6.45) is 0. The highest BCUT2D eigenvalue weighted by molar-refractivity contribution is 9.10. The van der Waals surface area contributed by atoms with Gasteiger partial charge in [0.2, 0.25) is 0 Å². The molecule has 0 bridgehead atoms. The van der Waals surface area contributed by atoms with Gasteiger partial charge in [-0.1, -0.05) is 29.8 Å². The Balaban J connectivity index is 2.88. The van der Waals surface area contributed by atoms with Gasteiger partial charge in [0.25, 0.3) is 0 Å². The Bertz CT molecular complexity index is 312. The summed E-state index contributed by atoms with van der Waals surface area (Å²) in [6, 6.07) is 5.39. The first-order chi connectivity index (χ1) is 6.50. The van der Waals surface area contributed by atoms with E-state index in [9.17, 15) is 4.39 Å². The lowest BCUT2D eigenvalue weighted by Gasteiger charge is -2.17. The fraction of sp³-hybridized carbons (Fsp3) is 0.455. The molecule has 0 aliphatic heterocycles. The van der Waals surface area contributed by atoms with Crippen molar-refractivity contribution in [3.63, 3.8) is 0 Å². The normalized spacial score (nSPS) is 13.3. The number of rotatable bonds is 3. The zero-order chi connectivity index (χ0) is 10.7. The second-order valence-corrected chi connectivity index (χ2v) is 4.62. The van der Waals surface area contributed by atoms with Crippen LogP contribution < -0.4 is 5.32 Å². The lowest BCUT2D eigenvalue weighted by Crippen LogP contribution is -2.26. The summed E-state index contributed by atoms with van der Waals surface area (Å²) < 4.78 is 14.3. The predicted molar refractivity (Wildman–Crippen MR) is 60.8 cm³/mol. The highest BCUT2D eigenvalue weighted by Crippen LogP contribution is 2.21. The van der Waals surface area contributed by atoms with E-state index in [-0.39, 0.29) is 11.9 Å². The van der Waals surface area contributed by atoms with Crippen molar-refractivity contribution in [2.75, 3.05) is 0 Å². The minimum Gasteiger partial charge on any atom is -0.308 e. The van der Waals surface area contributed by atoms with Crippen molar-refractivity contribution in [2.45, 2.75) is 32.9 Å². The molecule has 0 spiro atoms. The molecule has 0 saturated carbocycles. The van der Waals surface area contributed by atoms with Crippen LogP contribution in [0.5, 0.6) is 0 Å². The van der Waals surface area contributed by atoms with Gasteiger partial charge in [0, 0.05) is 22.1 Å². The average molecular weight is 260 g/mol. The van der Waals surface area contributed by atoms with Crippen molar-refractivity contribution < 1.29 is 4.39 Å². The summed E-state index contributed by atoms with van der Waals surface area (Å²) in [6.45, 7) is 6.06. The van der Waals surface area contributed by atoms with E-state index < -0.39 is 0 Å². The summed E-state index contributed by atoms with van der Waals surface area (Å²) >= 11 is 3.34. The molecule has 1 atom stereocenters. The van der Waals surface area contributed by atoms with E-state index in [1.807, 2.05) is 26.8 Å². The zero-order valence-electron chi connectivity index (χ0n) is 8.64. The van der Waals surface area contributed by atoms with Gasteiger partial charge in [-0.2, -0.15) is 0 Å². The van der Waals surface area contributed by atoms with Crippen LogP contribution in [0.3, 0.4) is 0 Å². The highest BCUT2D eigenvalue weighted by atomic mass is 79.9. The topological polar surface area (TPSA) is 12.0 Å². The molecule has 0 saturated heterocycles. The quantitative estimate of drug-likeness (QED) is 0.874. The number of benzene rings is 1. The maximum absolute atomic E-state index is 13.4. The van der Waals surface area contributed by atoms with Crippen molar-refractivity contribution >= 4 is 15.9 Å². The van der Waals surface area contributed by atoms with Crippen LogP contribution in [0.1, 0.15) is 32.4 Å². The summed E-state index contributed by atoms with van der Waals surface area (Å²) in [5.41, 5.74) is 0.702. The van der Waals surface area contributed by atoms with Crippen molar-refractivity contribution in [1.29, 1.82) is 0 Å². The number of nitrogens with one attached hydrogen (secondary N) is 1.